The summed E-state index contributed by atoms with van der Waals surface area (Å²) in [5.41, 5.74) is 11.2. The molecule has 0 bridgehead atoms. The van der Waals surface area contributed by atoms with Gasteiger partial charge in [0.05, 0.1) is 20.3 Å². The Labute approximate surface area is 306 Å². The number of hydrogen-bond donors (Lipinski definition) is 4. The number of methoxy groups -OCH3 is 2. The summed E-state index contributed by atoms with van der Waals surface area (Å²) in [5.74, 6) is -1.56. The largest absolute Gasteiger partial charge is 0.469 e. The zero-order valence-electron chi connectivity index (χ0n) is 30.2. The molecule has 3 rings (SSSR count). The first kappa shape index (κ1) is 41.2. The van der Waals surface area contributed by atoms with Gasteiger partial charge in [-0.2, -0.15) is 0 Å². The number of carbonyl (C=O) groups is 5. The van der Waals surface area contributed by atoms with Gasteiger partial charge in [-0.05, 0) is 79.2 Å². The highest BCUT2D eigenvalue weighted by molar-refractivity contribution is 5.84. The summed E-state index contributed by atoms with van der Waals surface area (Å²) >= 11 is 0. The van der Waals surface area contributed by atoms with Gasteiger partial charge in [-0.3, -0.25) is 14.4 Å². The van der Waals surface area contributed by atoms with E-state index in [9.17, 15) is 24.0 Å². The van der Waals surface area contributed by atoms with Gasteiger partial charge in [-0.15, -0.1) is 0 Å². The third kappa shape index (κ3) is 15.8. The number of unbranched alkanes of at least 4 members (excludes halogenated alkanes) is 2. The molecule has 280 valence electrons. The van der Waals surface area contributed by atoms with Gasteiger partial charge in [0.2, 0.25) is 11.8 Å². The Morgan fingerprint density at radius 1 is 0.654 bits per heavy atom. The van der Waals surface area contributed by atoms with Crippen molar-refractivity contribution in [3.05, 3.63) is 95.6 Å². The van der Waals surface area contributed by atoms with Crippen molar-refractivity contribution in [3.8, 4) is 11.1 Å². The first-order chi connectivity index (χ1) is 25.2. The Morgan fingerprint density at radius 2 is 1.27 bits per heavy atom. The molecule has 0 aromatic heterocycles. The number of nitrogens with one attached hydrogen (secondary N) is 3. The first-order valence-electron chi connectivity index (χ1n) is 17.8. The zero-order valence-corrected chi connectivity index (χ0v) is 30.2. The molecular weight excluding hydrogens is 664 g/mol. The SMILES string of the molecule is COC(=O)CC[C@H](N)C(=O)NCCCC[C@H](NC(=O)CCc1ccc(-c2ccc(CCCCNC(=O)OCc3ccccc3)cc2)cc1)C(=O)OC. The van der Waals surface area contributed by atoms with Crippen LogP contribution in [0.5, 0.6) is 0 Å². The van der Waals surface area contributed by atoms with Crippen LogP contribution in [0.1, 0.15) is 68.1 Å². The Morgan fingerprint density at radius 3 is 1.90 bits per heavy atom. The van der Waals surface area contributed by atoms with Crippen LogP contribution >= 0.6 is 0 Å². The molecule has 3 aromatic rings. The summed E-state index contributed by atoms with van der Waals surface area (Å²) in [6.07, 6.45) is 4.77. The highest BCUT2D eigenvalue weighted by Crippen LogP contribution is 2.21. The van der Waals surface area contributed by atoms with E-state index in [1.165, 1.54) is 19.8 Å². The highest BCUT2D eigenvalue weighted by Gasteiger charge is 2.21. The minimum Gasteiger partial charge on any atom is -0.469 e. The van der Waals surface area contributed by atoms with Crippen LogP contribution < -0.4 is 21.7 Å². The van der Waals surface area contributed by atoms with Crippen LogP contribution in [0.25, 0.3) is 11.1 Å². The van der Waals surface area contributed by atoms with Gasteiger partial charge in [0.25, 0.3) is 0 Å². The lowest BCUT2D eigenvalue weighted by Gasteiger charge is -2.17. The molecule has 52 heavy (non-hydrogen) atoms. The first-order valence-corrected chi connectivity index (χ1v) is 17.8. The smallest absolute Gasteiger partial charge is 0.407 e. The molecule has 0 heterocycles. The molecule has 0 spiro atoms. The summed E-state index contributed by atoms with van der Waals surface area (Å²) in [4.78, 5) is 60.3. The van der Waals surface area contributed by atoms with E-state index in [4.69, 9.17) is 15.2 Å². The number of rotatable bonds is 22. The van der Waals surface area contributed by atoms with E-state index in [0.29, 0.717) is 38.8 Å². The molecule has 3 aromatic carbocycles. The van der Waals surface area contributed by atoms with E-state index >= 15 is 0 Å². The van der Waals surface area contributed by atoms with Gasteiger partial charge in [-0.25, -0.2) is 9.59 Å². The molecule has 0 unspecified atom stereocenters. The number of alkyl carbamates (subject to hydrolysis) is 1. The van der Waals surface area contributed by atoms with Crippen molar-refractivity contribution in [1.82, 2.24) is 16.0 Å². The van der Waals surface area contributed by atoms with Crippen LogP contribution in [0.4, 0.5) is 4.79 Å². The second-order valence-electron chi connectivity index (χ2n) is 12.5. The Bertz CT molecular complexity index is 1550. The number of nitrogens with two attached hydrogens (primary N) is 1. The molecule has 3 amide bonds. The maximum Gasteiger partial charge on any atom is 0.407 e. The summed E-state index contributed by atoms with van der Waals surface area (Å²) in [7, 11) is 2.56. The average molecular weight is 717 g/mol. The summed E-state index contributed by atoms with van der Waals surface area (Å²) in [6, 6.07) is 24.5. The standard InChI is InChI=1S/C40H52N4O8/c1-50-37(46)25-23-34(41)38(47)42-26-9-7-13-35(39(48)51-2)44-36(45)24-18-30-16-21-33(22-17-30)32-19-14-29(15-20-32)10-6-8-27-43-40(49)52-28-31-11-4-3-5-12-31/h3-5,11-12,14-17,19-22,34-35H,6-10,13,18,23-28,41H2,1-2H3,(H,42,47)(H,43,49)(H,44,45)/t34-,35-/m0/s1. The van der Waals surface area contributed by atoms with Gasteiger partial charge in [0, 0.05) is 25.9 Å². The number of esters is 2. The number of carbonyl (C=O) groups excluding carboxylic acids is 5. The van der Waals surface area contributed by atoms with Crippen LogP contribution in [0.15, 0.2) is 78.9 Å². The second kappa shape index (κ2) is 23.3. The predicted octanol–water partition coefficient (Wildman–Crippen LogP) is 4.76. The van der Waals surface area contributed by atoms with Crippen molar-refractivity contribution in [3.63, 3.8) is 0 Å². The summed E-state index contributed by atoms with van der Waals surface area (Å²) in [6.45, 7) is 1.17. The molecule has 5 N–H and O–H groups in total. The minimum absolute atomic E-state index is 0.0617. The number of amides is 3. The molecule has 0 radical (unpaired) electrons. The Hall–Kier alpha value is -5.23. The third-order valence-electron chi connectivity index (χ3n) is 8.52. The molecule has 0 saturated carbocycles. The number of ether oxygens (including phenoxy) is 3. The predicted molar refractivity (Wildman–Crippen MR) is 198 cm³/mol. The maximum atomic E-state index is 12.7. The molecule has 12 heteroatoms. The topological polar surface area (TPSA) is 175 Å². The van der Waals surface area contributed by atoms with Crippen molar-refractivity contribution in [2.75, 3.05) is 27.3 Å². The van der Waals surface area contributed by atoms with Crippen LogP contribution in [0, 0.1) is 0 Å². The van der Waals surface area contributed by atoms with Crippen LogP contribution in [-0.4, -0.2) is 69.2 Å². The lowest BCUT2D eigenvalue weighted by molar-refractivity contribution is -0.145. The molecule has 0 saturated heterocycles. The molecule has 0 aliphatic heterocycles. The highest BCUT2D eigenvalue weighted by atomic mass is 16.5. The van der Waals surface area contributed by atoms with E-state index in [2.05, 4.69) is 45.0 Å². The summed E-state index contributed by atoms with van der Waals surface area (Å²) < 4.78 is 14.7. The van der Waals surface area contributed by atoms with Crippen molar-refractivity contribution in [2.45, 2.75) is 82.9 Å². The van der Waals surface area contributed by atoms with Crippen LogP contribution in [-0.2, 0) is 52.8 Å². The fourth-order valence-corrected chi connectivity index (χ4v) is 5.38. The van der Waals surface area contributed by atoms with Gasteiger partial charge >= 0.3 is 18.0 Å². The Balaban J connectivity index is 1.32. The van der Waals surface area contributed by atoms with Crippen molar-refractivity contribution < 1.29 is 38.2 Å². The van der Waals surface area contributed by atoms with Gasteiger partial charge in [-0.1, -0.05) is 78.9 Å². The van der Waals surface area contributed by atoms with Crippen molar-refractivity contribution in [2.24, 2.45) is 5.73 Å². The minimum atomic E-state index is -0.813. The number of hydrogen-bond acceptors (Lipinski definition) is 9. The molecule has 2 atom stereocenters. The van der Waals surface area contributed by atoms with E-state index in [-0.39, 0.29) is 37.7 Å². The number of benzene rings is 3. The van der Waals surface area contributed by atoms with Crippen molar-refractivity contribution >= 4 is 29.8 Å². The fourth-order valence-electron chi connectivity index (χ4n) is 5.38. The lowest BCUT2D eigenvalue weighted by atomic mass is 9.99. The van der Waals surface area contributed by atoms with E-state index in [1.54, 1.807) is 0 Å². The van der Waals surface area contributed by atoms with E-state index in [0.717, 1.165) is 41.5 Å². The molecule has 0 aliphatic rings. The van der Waals surface area contributed by atoms with Gasteiger partial charge < -0.3 is 35.9 Å². The second-order valence-corrected chi connectivity index (χ2v) is 12.5. The maximum absolute atomic E-state index is 12.7. The number of aryl methyl sites for hydroxylation is 2. The Kier molecular flexibility index (Phi) is 18.4. The zero-order chi connectivity index (χ0) is 37.6. The third-order valence-corrected chi connectivity index (χ3v) is 8.52. The van der Waals surface area contributed by atoms with Crippen LogP contribution in [0.3, 0.4) is 0 Å². The fraction of sp³-hybridized carbons (Fsp3) is 0.425. The van der Waals surface area contributed by atoms with Crippen molar-refractivity contribution in [1.29, 1.82) is 0 Å². The van der Waals surface area contributed by atoms with Gasteiger partial charge in [0.15, 0.2) is 0 Å². The van der Waals surface area contributed by atoms with Gasteiger partial charge in [0.1, 0.15) is 12.6 Å². The molecule has 0 fully saturated rings. The average Bonchev–Trinajstić information content (AvgIpc) is 3.17. The van der Waals surface area contributed by atoms with Crippen LogP contribution in [0.2, 0.25) is 0 Å². The summed E-state index contributed by atoms with van der Waals surface area (Å²) in [5, 5.41) is 8.31. The lowest BCUT2D eigenvalue weighted by Crippen LogP contribution is -2.42. The quantitative estimate of drug-likeness (QED) is 0.0649. The normalized spacial score (nSPS) is 11.8. The molecule has 0 aliphatic carbocycles. The monoisotopic (exact) mass is 716 g/mol. The molecular formula is C40H52N4O8. The van der Waals surface area contributed by atoms with E-state index < -0.39 is 30.1 Å². The molecule has 12 nitrogen and oxygen atoms in total. The van der Waals surface area contributed by atoms with E-state index in [1.807, 2.05) is 54.6 Å².